The van der Waals surface area contributed by atoms with Crippen molar-refractivity contribution in [2.75, 3.05) is 7.11 Å². The van der Waals surface area contributed by atoms with E-state index in [-0.39, 0.29) is 0 Å². The molecule has 1 aromatic heterocycles. The fraction of sp³-hybridized carbons (Fsp3) is 0.500. The standard InChI is InChI=1S/C8H12N2O2/c1-4-7-5-8(12-3)9-6(2)10(7)11/h5H,4H2,1-3H3. The Morgan fingerprint density at radius 2 is 2.33 bits per heavy atom. The van der Waals surface area contributed by atoms with Crippen molar-refractivity contribution in [2.45, 2.75) is 20.3 Å². The van der Waals surface area contributed by atoms with E-state index in [4.69, 9.17) is 4.74 Å². The zero-order valence-electron chi connectivity index (χ0n) is 7.50. The van der Waals surface area contributed by atoms with Gasteiger partial charge in [0, 0.05) is 13.3 Å². The summed E-state index contributed by atoms with van der Waals surface area (Å²) in [5.74, 6) is 0.919. The summed E-state index contributed by atoms with van der Waals surface area (Å²) in [7, 11) is 1.54. The molecule has 4 heteroatoms. The van der Waals surface area contributed by atoms with Crippen LogP contribution in [-0.2, 0) is 6.42 Å². The third kappa shape index (κ3) is 1.47. The van der Waals surface area contributed by atoms with Gasteiger partial charge in [-0.3, -0.25) is 0 Å². The normalized spacial score (nSPS) is 9.92. The number of hydrogen-bond donors (Lipinski definition) is 0. The summed E-state index contributed by atoms with van der Waals surface area (Å²) in [6.07, 6.45) is 0.684. The Kier molecular flexibility index (Phi) is 2.47. The minimum Gasteiger partial charge on any atom is -0.711 e. The largest absolute Gasteiger partial charge is 0.711 e. The predicted octanol–water partition coefficient (Wildman–Crippen LogP) is 0.594. The summed E-state index contributed by atoms with van der Waals surface area (Å²) in [5.41, 5.74) is 0.680. The predicted molar refractivity (Wildman–Crippen MR) is 43.9 cm³/mol. The Balaban J connectivity index is 3.19. The molecule has 0 unspecified atom stereocenters. The van der Waals surface area contributed by atoms with E-state index in [0.717, 1.165) is 4.73 Å². The van der Waals surface area contributed by atoms with Gasteiger partial charge in [0.2, 0.25) is 0 Å². The third-order valence-electron chi connectivity index (χ3n) is 1.69. The highest BCUT2D eigenvalue weighted by Crippen LogP contribution is 2.06. The highest BCUT2D eigenvalue weighted by Gasteiger charge is 2.10. The zero-order valence-corrected chi connectivity index (χ0v) is 7.50. The number of ether oxygens (including phenoxy) is 1. The van der Waals surface area contributed by atoms with Crippen LogP contribution in [0.1, 0.15) is 18.4 Å². The molecule has 0 amide bonds. The van der Waals surface area contributed by atoms with Gasteiger partial charge in [0.15, 0.2) is 0 Å². The van der Waals surface area contributed by atoms with Crippen LogP contribution in [-0.4, -0.2) is 12.1 Å². The highest BCUT2D eigenvalue weighted by molar-refractivity contribution is 5.11. The second-order valence-corrected chi connectivity index (χ2v) is 2.48. The summed E-state index contributed by atoms with van der Waals surface area (Å²) in [5, 5.41) is 11.3. The molecule has 0 aliphatic heterocycles. The topological polar surface area (TPSA) is 49.1 Å². The Morgan fingerprint density at radius 3 is 2.83 bits per heavy atom. The van der Waals surface area contributed by atoms with E-state index in [1.807, 2.05) is 6.92 Å². The molecule has 66 valence electrons. The Hall–Kier alpha value is -1.32. The van der Waals surface area contributed by atoms with Crippen LogP contribution in [0, 0.1) is 12.1 Å². The van der Waals surface area contributed by atoms with Crippen LogP contribution < -0.4 is 9.47 Å². The summed E-state index contributed by atoms with van der Waals surface area (Å²) in [6, 6.07) is 1.65. The minimum absolute atomic E-state index is 0.422. The first kappa shape index (κ1) is 8.77. The van der Waals surface area contributed by atoms with Crippen LogP contribution in [0.15, 0.2) is 6.07 Å². The lowest BCUT2D eigenvalue weighted by molar-refractivity contribution is -0.624. The average Bonchev–Trinajstić information content (AvgIpc) is 2.09. The molecule has 1 aromatic rings. The molecule has 1 rings (SSSR count). The van der Waals surface area contributed by atoms with E-state index < -0.39 is 0 Å². The number of nitrogens with zero attached hydrogens (tertiary/aromatic N) is 2. The van der Waals surface area contributed by atoms with Gasteiger partial charge in [-0.2, -0.15) is 0 Å². The molecule has 0 aliphatic rings. The number of aryl methyl sites for hydroxylation is 2. The molecule has 0 fully saturated rings. The van der Waals surface area contributed by atoms with Crippen molar-refractivity contribution < 1.29 is 9.47 Å². The Bertz CT molecular complexity index is 287. The molecule has 0 aliphatic carbocycles. The average molecular weight is 168 g/mol. The van der Waals surface area contributed by atoms with Crippen molar-refractivity contribution in [3.05, 3.63) is 22.8 Å². The van der Waals surface area contributed by atoms with Crippen LogP contribution in [0.5, 0.6) is 5.88 Å². The van der Waals surface area contributed by atoms with Crippen molar-refractivity contribution in [1.82, 2.24) is 4.98 Å². The summed E-state index contributed by atoms with van der Waals surface area (Å²) in [6.45, 7) is 3.58. The quantitative estimate of drug-likeness (QED) is 0.479. The molecule has 0 radical (unpaired) electrons. The number of aromatic nitrogens is 2. The SMILES string of the molecule is CCc1cc(OC)nc(C)[n+]1[O-]. The minimum atomic E-state index is 0.422. The van der Waals surface area contributed by atoms with Gasteiger partial charge in [0.1, 0.15) is 5.69 Å². The third-order valence-corrected chi connectivity index (χ3v) is 1.69. The molecule has 0 saturated carbocycles. The van der Waals surface area contributed by atoms with Crippen LogP contribution in [0.3, 0.4) is 0 Å². The Labute approximate surface area is 71.4 Å². The van der Waals surface area contributed by atoms with E-state index in [1.165, 1.54) is 7.11 Å². The maximum Gasteiger partial charge on any atom is 0.331 e. The molecular weight excluding hydrogens is 156 g/mol. The van der Waals surface area contributed by atoms with Gasteiger partial charge in [-0.05, 0) is 4.98 Å². The maximum absolute atomic E-state index is 11.3. The van der Waals surface area contributed by atoms with Crippen molar-refractivity contribution in [3.63, 3.8) is 0 Å². The first-order valence-electron chi connectivity index (χ1n) is 3.83. The van der Waals surface area contributed by atoms with Crippen molar-refractivity contribution in [1.29, 1.82) is 0 Å². The summed E-state index contributed by atoms with van der Waals surface area (Å²) < 4.78 is 5.75. The van der Waals surface area contributed by atoms with E-state index >= 15 is 0 Å². The first-order valence-corrected chi connectivity index (χ1v) is 3.83. The maximum atomic E-state index is 11.3. The molecule has 0 saturated heterocycles. The molecule has 1 heterocycles. The first-order chi connectivity index (χ1) is 5.69. The van der Waals surface area contributed by atoms with Crippen LogP contribution in [0.2, 0.25) is 0 Å². The number of rotatable bonds is 2. The van der Waals surface area contributed by atoms with Crippen LogP contribution in [0.4, 0.5) is 0 Å². The van der Waals surface area contributed by atoms with Crippen molar-refractivity contribution in [3.8, 4) is 5.88 Å². The van der Waals surface area contributed by atoms with Crippen LogP contribution >= 0.6 is 0 Å². The number of hydrogen-bond acceptors (Lipinski definition) is 3. The van der Waals surface area contributed by atoms with Gasteiger partial charge in [0.05, 0.1) is 13.2 Å². The van der Waals surface area contributed by atoms with Gasteiger partial charge in [0.25, 0.3) is 0 Å². The Morgan fingerprint density at radius 1 is 1.67 bits per heavy atom. The molecule has 12 heavy (non-hydrogen) atoms. The lowest BCUT2D eigenvalue weighted by Crippen LogP contribution is -2.36. The molecule has 0 N–H and O–H groups in total. The molecule has 0 aromatic carbocycles. The van der Waals surface area contributed by atoms with E-state index in [0.29, 0.717) is 23.8 Å². The molecular formula is C8H12N2O2. The van der Waals surface area contributed by atoms with Gasteiger partial charge in [-0.15, -0.1) is 0 Å². The molecule has 0 spiro atoms. The second-order valence-electron chi connectivity index (χ2n) is 2.48. The number of methoxy groups -OCH3 is 1. The van der Waals surface area contributed by atoms with E-state index in [2.05, 4.69) is 4.98 Å². The summed E-state index contributed by atoms with van der Waals surface area (Å²) >= 11 is 0. The van der Waals surface area contributed by atoms with Crippen LogP contribution in [0.25, 0.3) is 0 Å². The van der Waals surface area contributed by atoms with Gasteiger partial charge in [-0.25, -0.2) is 4.73 Å². The molecule has 4 nitrogen and oxygen atoms in total. The van der Waals surface area contributed by atoms with E-state index in [9.17, 15) is 5.21 Å². The fourth-order valence-corrected chi connectivity index (χ4v) is 0.996. The fourth-order valence-electron chi connectivity index (χ4n) is 0.996. The molecule has 0 bridgehead atoms. The molecule has 0 atom stereocenters. The van der Waals surface area contributed by atoms with Crippen molar-refractivity contribution in [2.24, 2.45) is 0 Å². The smallest absolute Gasteiger partial charge is 0.331 e. The second kappa shape index (κ2) is 3.38. The van der Waals surface area contributed by atoms with E-state index in [1.54, 1.807) is 13.0 Å². The summed E-state index contributed by atoms with van der Waals surface area (Å²) in [4.78, 5) is 3.93. The van der Waals surface area contributed by atoms with Gasteiger partial charge < -0.3 is 9.94 Å². The highest BCUT2D eigenvalue weighted by atomic mass is 16.5. The lowest BCUT2D eigenvalue weighted by atomic mass is 10.3. The lowest BCUT2D eigenvalue weighted by Gasteiger charge is -2.08. The van der Waals surface area contributed by atoms with Gasteiger partial charge >= 0.3 is 11.7 Å². The zero-order chi connectivity index (χ0) is 9.14. The van der Waals surface area contributed by atoms with Crippen molar-refractivity contribution >= 4 is 0 Å². The van der Waals surface area contributed by atoms with Gasteiger partial charge in [-0.1, -0.05) is 6.92 Å². The monoisotopic (exact) mass is 168 g/mol.